The Kier molecular flexibility index (Phi) is 5.20. The maximum atomic E-state index is 9.93. The molecule has 0 bridgehead atoms. The van der Waals surface area contributed by atoms with Crippen LogP contribution in [-0.4, -0.2) is 34.1 Å². The minimum absolute atomic E-state index is 0.179. The minimum Gasteiger partial charge on any atom is -0.392 e. The van der Waals surface area contributed by atoms with Crippen molar-refractivity contribution in [3.05, 3.63) is 18.0 Å². The van der Waals surface area contributed by atoms with Crippen molar-refractivity contribution in [2.24, 2.45) is 13.0 Å². The number of aliphatic hydroxyl groups is 1. The van der Waals surface area contributed by atoms with Crippen LogP contribution in [0, 0.1) is 5.92 Å². The third-order valence-corrected chi connectivity index (χ3v) is 3.81. The average molecular weight is 251 g/mol. The fraction of sp³-hybridized carbons (Fsp3) is 0.786. The molecule has 0 aromatic carbocycles. The van der Waals surface area contributed by atoms with E-state index >= 15 is 0 Å². The molecule has 1 aliphatic carbocycles. The van der Waals surface area contributed by atoms with Crippen LogP contribution in [0.3, 0.4) is 0 Å². The van der Waals surface area contributed by atoms with Crippen molar-refractivity contribution >= 4 is 0 Å². The lowest BCUT2D eigenvalue weighted by Crippen LogP contribution is -2.29. The molecule has 4 heteroatoms. The molecule has 0 aliphatic heterocycles. The van der Waals surface area contributed by atoms with E-state index < -0.39 is 0 Å². The second-order valence-electron chi connectivity index (χ2n) is 5.52. The Morgan fingerprint density at radius 1 is 1.50 bits per heavy atom. The molecule has 1 aromatic heterocycles. The zero-order valence-electron chi connectivity index (χ0n) is 11.3. The maximum absolute atomic E-state index is 9.93. The van der Waals surface area contributed by atoms with Crippen LogP contribution in [0.4, 0.5) is 0 Å². The van der Waals surface area contributed by atoms with Gasteiger partial charge in [0.05, 0.1) is 12.3 Å². The minimum atomic E-state index is -0.179. The molecule has 0 amide bonds. The molecule has 1 heterocycles. The van der Waals surface area contributed by atoms with Crippen LogP contribution in [0.2, 0.25) is 0 Å². The number of nitrogens with zero attached hydrogens (tertiary/aromatic N) is 2. The Bertz CT molecular complexity index is 345. The summed E-state index contributed by atoms with van der Waals surface area (Å²) in [5, 5.41) is 17.4. The number of aromatic nitrogens is 2. The van der Waals surface area contributed by atoms with E-state index in [2.05, 4.69) is 10.4 Å². The lowest BCUT2D eigenvalue weighted by Gasteiger charge is -2.15. The van der Waals surface area contributed by atoms with Gasteiger partial charge in [-0.1, -0.05) is 25.7 Å². The summed E-state index contributed by atoms with van der Waals surface area (Å²) in [4.78, 5) is 0. The molecule has 0 saturated heterocycles. The predicted octanol–water partition coefficient (Wildman–Crippen LogP) is 1.49. The highest BCUT2D eigenvalue weighted by Crippen LogP contribution is 2.28. The summed E-state index contributed by atoms with van der Waals surface area (Å²) >= 11 is 0. The van der Waals surface area contributed by atoms with Crippen molar-refractivity contribution in [2.45, 2.75) is 44.6 Å². The van der Waals surface area contributed by atoms with Gasteiger partial charge in [-0.15, -0.1) is 0 Å². The first kappa shape index (κ1) is 13.6. The lowest BCUT2D eigenvalue weighted by molar-refractivity contribution is 0.141. The monoisotopic (exact) mass is 251 g/mol. The topological polar surface area (TPSA) is 50.1 Å². The van der Waals surface area contributed by atoms with Crippen molar-refractivity contribution in [2.75, 3.05) is 13.1 Å². The van der Waals surface area contributed by atoms with Gasteiger partial charge in [0.1, 0.15) is 0 Å². The van der Waals surface area contributed by atoms with Gasteiger partial charge < -0.3 is 10.4 Å². The van der Waals surface area contributed by atoms with Gasteiger partial charge in [-0.05, 0) is 30.9 Å². The first-order valence-electron chi connectivity index (χ1n) is 7.10. The largest absolute Gasteiger partial charge is 0.392 e. The second kappa shape index (κ2) is 6.90. The standard InChI is InChI=1S/C14H25N3O/c1-17-11-13(9-16-17)6-7-15-10-14(18)8-12-4-2-3-5-12/h9,11-12,14-15,18H,2-8,10H2,1H3. The van der Waals surface area contributed by atoms with Crippen LogP contribution in [-0.2, 0) is 13.5 Å². The number of hydrogen-bond acceptors (Lipinski definition) is 3. The Morgan fingerprint density at radius 2 is 2.28 bits per heavy atom. The molecule has 1 saturated carbocycles. The highest BCUT2D eigenvalue weighted by atomic mass is 16.3. The van der Waals surface area contributed by atoms with Gasteiger partial charge >= 0.3 is 0 Å². The molecule has 1 fully saturated rings. The van der Waals surface area contributed by atoms with Crippen LogP contribution < -0.4 is 5.32 Å². The van der Waals surface area contributed by atoms with Crippen LogP contribution >= 0.6 is 0 Å². The molecule has 4 nitrogen and oxygen atoms in total. The number of rotatable bonds is 7. The van der Waals surface area contributed by atoms with Crippen LogP contribution in [0.25, 0.3) is 0 Å². The summed E-state index contributed by atoms with van der Waals surface area (Å²) in [6, 6.07) is 0. The Morgan fingerprint density at radius 3 is 2.94 bits per heavy atom. The Labute approximate surface area is 109 Å². The normalized spacial score (nSPS) is 18.3. The van der Waals surface area contributed by atoms with E-state index in [1.165, 1.54) is 31.2 Å². The van der Waals surface area contributed by atoms with E-state index in [-0.39, 0.29) is 6.10 Å². The molecule has 1 atom stereocenters. The first-order chi connectivity index (χ1) is 8.74. The fourth-order valence-corrected chi connectivity index (χ4v) is 2.82. The number of aryl methyl sites for hydroxylation is 1. The summed E-state index contributed by atoms with van der Waals surface area (Å²) < 4.78 is 1.82. The van der Waals surface area contributed by atoms with Crippen molar-refractivity contribution in [3.63, 3.8) is 0 Å². The average Bonchev–Trinajstić information content (AvgIpc) is 2.96. The Balaban J connectivity index is 1.54. The predicted molar refractivity (Wildman–Crippen MR) is 72.4 cm³/mol. The Hall–Kier alpha value is -0.870. The zero-order valence-corrected chi connectivity index (χ0v) is 11.3. The molecule has 1 unspecified atom stereocenters. The van der Waals surface area contributed by atoms with Gasteiger partial charge in [-0.2, -0.15) is 5.10 Å². The molecule has 1 aliphatic rings. The smallest absolute Gasteiger partial charge is 0.0667 e. The SMILES string of the molecule is Cn1cc(CCNCC(O)CC2CCCC2)cn1. The van der Waals surface area contributed by atoms with Gasteiger partial charge in [-0.25, -0.2) is 0 Å². The van der Waals surface area contributed by atoms with Crippen molar-refractivity contribution in [3.8, 4) is 0 Å². The van der Waals surface area contributed by atoms with E-state index in [0.29, 0.717) is 0 Å². The molecule has 1 aromatic rings. The summed E-state index contributed by atoms with van der Waals surface area (Å²) in [5.41, 5.74) is 1.25. The van der Waals surface area contributed by atoms with E-state index in [1.807, 2.05) is 24.1 Å². The van der Waals surface area contributed by atoms with Crippen molar-refractivity contribution in [1.29, 1.82) is 0 Å². The lowest BCUT2D eigenvalue weighted by atomic mass is 10.00. The summed E-state index contributed by atoms with van der Waals surface area (Å²) in [6.45, 7) is 1.63. The number of nitrogens with one attached hydrogen (secondary N) is 1. The number of hydrogen-bond donors (Lipinski definition) is 2. The maximum Gasteiger partial charge on any atom is 0.0667 e. The van der Waals surface area contributed by atoms with Gasteiger partial charge in [0, 0.05) is 19.8 Å². The van der Waals surface area contributed by atoms with Gasteiger partial charge in [0.2, 0.25) is 0 Å². The molecule has 2 rings (SSSR count). The molecular weight excluding hydrogens is 226 g/mol. The first-order valence-corrected chi connectivity index (χ1v) is 7.10. The van der Waals surface area contributed by atoms with E-state index in [1.54, 1.807) is 0 Å². The van der Waals surface area contributed by atoms with Crippen LogP contribution in [0.5, 0.6) is 0 Å². The summed E-state index contributed by atoms with van der Waals surface area (Å²) in [6.07, 6.45) is 11.0. The van der Waals surface area contributed by atoms with E-state index in [0.717, 1.165) is 31.8 Å². The molecular formula is C14H25N3O. The van der Waals surface area contributed by atoms with Crippen LogP contribution in [0.1, 0.15) is 37.7 Å². The summed E-state index contributed by atoms with van der Waals surface area (Å²) in [7, 11) is 1.93. The molecule has 102 valence electrons. The fourth-order valence-electron chi connectivity index (χ4n) is 2.82. The molecule has 18 heavy (non-hydrogen) atoms. The van der Waals surface area contributed by atoms with Crippen molar-refractivity contribution < 1.29 is 5.11 Å². The third kappa shape index (κ3) is 4.42. The quantitative estimate of drug-likeness (QED) is 0.722. The van der Waals surface area contributed by atoms with E-state index in [9.17, 15) is 5.11 Å². The molecule has 2 N–H and O–H groups in total. The molecule has 0 radical (unpaired) electrons. The summed E-state index contributed by atoms with van der Waals surface area (Å²) in [5.74, 6) is 0.764. The second-order valence-corrected chi connectivity index (χ2v) is 5.52. The highest BCUT2D eigenvalue weighted by Gasteiger charge is 2.18. The van der Waals surface area contributed by atoms with Crippen molar-refractivity contribution in [1.82, 2.24) is 15.1 Å². The molecule has 0 spiro atoms. The van der Waals surface area contributed by atoms with Gasteiger partial charge in [-0.3, -0.25) is 4.68 Å². The van der Waals surface area contributed by atoms with E-state index in [4.69, 9.17) is 0 Å². The highest BCUT2D eigenvalue weighted by molar-refractivity contribution is 5.03. The number of aliphatic hydroxyl groups excluding tert-OH is 1. The zero-order chi connectivity index (χ0) is 12.8. The van der Waals surface area contributed by atoms with Gasteiger partial charge in [0.25, 0.3) is 0 Å². The van der Waals surface area contributed by atoms with Gasteiger partial charge in [0.15, 0.2) is 0 Å². The third-order valence-electron chi connectivity index (χ3n) is 3.81. The van der Waals surface area contributed by atoms with Crippen LogP contribution in [0.15, 0.2) is 12.4 Å².